The number of amides is 1. The highest BCUT2D eigenvalue weighted by Gasteiger charge is 2.25. The zero-order valence-electron chi connectivity index (χ0n) is 11.2. The smallest absolute Gasteiger partial charge is 0.220 e. The van der Waals surface area contributed by atoms with Gasteiger partial charge in [-0.15, -0.1) is 0 Å². The van der Waals surface area contributed by atoms with Crippen LogP contribution in [0.15, 0.2) is 0 Å². The Bertz CT molecular complexity index is 259. The third-order valence-electron chi connectivity index (χ3n) is 4.29. The van der Waals surface area contributed by atoms with Crippen LogP contribution in [0.2, 0.25) is 0 Å². The highest BCUT2D eigenvalue weighted by atomic mass is 16.5. The van der Waals surface area contributed by atoms with E-state index in [-0.39, 0.29) is 11.9 Å². The van der Waals surface area contributed by atoms with Gasteiger partial charge >= 0.3 is 0 Å². The van der Waals surface area contributed by atoms with E-state index >= 15 is 0 Å². The maximum atomic E-state index is 11.9. The largest absolute Gasteiger partial charge is 0.378 e. The highest BCUT2D eigenvalue weighted by Crippen LogP contribution is 2.27. The lowest BCUT2D eigenvalue weighted by Crippen LogP contribution is -2.44. The molecule has 0 spiro atoms. The van der Waals surface area contributed by atoms with Crippen LogP contribution < -0.4 is 11.1 Å². The van der Waals surface area contributed by atoms with Gasteiger partial charge in [0.25, 0.3) is 0 Å². The molecule has 4 heteroatoms. The lowest BCUT2D eigenvalue weighted by Gasteiger charge is -2.23. The molecule has 1 aliphatic heterocycles. The summed E-state index contributed by atoms with van der Waals surface area (Å²) < 4.78 is 5.53. The van der Waals surface area contributed by atoms with E-state index < -0.39 is 0 Å². The average Bonchev–Trinajstić information content (AvgIpc) is 3.05. The van der Waals surface area contributed by atoms with Crippen LogP contribution in [0.3, 0.4) is 0 Å². The zero-order chi connectivity index (χ0) is 12.8. The second-order valence-electron chi connectivity index (χ2n) is 5.63. The first-order chi connectivity index (χ1) is 8.79. The fourth-order valence-electron chi connectivity index (χ4n) is 3.17. The van der Waals surface area contributed by atoms with E-state index in [1.807, 2.05) is 0 Å². The minimum Gasteiger partial charge on any atom is -0.378 e. The first-order valence-electron chi connectivity index (χ1n) is 7.40. The molecule has 1 saturated heterocycles. The van der Waals surface area contributed by atoms with Crippen molar-refractivity contribution in [3.05, 3.63) is 0 Å². The summed E-state index contributed by atoms with van der Waals surface area (Å²) in [6.07, 6.45) is 8.98. The number of hydrogen-bond acceptors (Lipinski definition) is 3. The van der Waals surface area contributed by atoms with Gasteiger partial charge in [0.15, 0.2) is 0 Å². The summed E-state index contributed by atoms with van der Waals surface area (Å²) in [5.74, 6) is 0.745. The minimum atomic E-state index is 0.146. The topological polar surface area (TPSA) is 64.3 Å². The van der Waals surface area contributed by atoms with E-state index in [2.05, 4.69) is 5.32 Å². The highest BCUT2D eigenvalue weighted by molar-refractivity contribution is 5.76. The molecule has 2 atom stereocenters. The Balaban J connectivity index is 1.67. The van der Waals surface area contributed by atoms with Gasteiger partial charge in [-0.05, 0) is 38.0 Å². The van der Waals surface area contributed by atoms with Crippen molar-refractivity contribution in [2.75, 3.05) is 13.2 Å². The molecule has 0 bridgehead atoms. The summed E-state index contributed by atoms with van der Waals surface area (Å²) in [6, 6.07) is 0.185. The van der Waals surface area contributed by atoms with Crippen LogP contribution in [-0.2, 0) is 9.53 Å². The van der Waals surface area contributed by atoms with Crippen molar-refractivity contribution in [1.29, 1.82) is 0 Å². The lowest BCUT2D eigenvalue weighted by atomic mass is 9.98. The van der Waals surface area contributed by atoms with Crippen molar-refractivity contribution in [2.24, 2.45) is 11.7 Å². The standard InChI is InChI=1S/C14H26N2O2/c15-10-13(11-4-1-2-5-11)16-14(17)8-7-12-6-3-9-18-12/h11-13H,1-10,15H2,(H,16,17). The van der Waals surface area contributed by atoms with Crippen molar-refractivity contribution in [1.82, 2.24) is 5.32 Å². The Morgan fingerprint density at radius 1 is 1.28 bits per heavy atom. The average molecular weight is 254 g/mol. The lowest BCUT2D eigenvalue weighted by molar-refractivity contribution is -0.122. The molecule has 0 aromatic carbocycles. The first-order valence-corrected chi connectivity index (χ1v) is 7.40. The third-order valence-corrected chi connectivity index (χ3v) is 4.29. The fourth-order valence-corrected chi connectivity index (χ4v) is 3.17. The SMILES string of the molecule is NCC(NC(=O)CCC1CCCO1)C1CCCC1. The van der Waals surface area contributed by atoms with Gasteiger partial charge < -0.3 is 15.8 Å². The van der Waals surface area contributed by atoms with E-state index in [9.17, 15) is 4.79 Å². The maximum Gasteiger partial charge on any atom is 0.220 e. The number of carbonyl (C=O) groups is 1. The van der Waals surface area contributed by atoms with Crippen LogP contribution >= 0.6 is 0 Å². The Hall–Kier alpha value is -0.610. The summed E-state index contributed by atoms with van der Waals surface area (Å²) in [5.41, 5.74) is 5.78. The fraction of sp³-hybridized carbons (Fsp3) is 0.929. The van der Waals surface area contributed by atoms with E-state index in [0.717, 1.165) is 25.9 Å². The van der Waals surface area contributed by atoms with Crippen molar-refractivity contribution in [3.8, 4) is 0 Å². The molecule has 18 heavy (non-hydrogen) atoms. The molecular formula is C14H26N2O2. The second kappa shape index (κ2) is 7.10. The van der Waals surface area contributed by atoms with Crippen LogP contribution in [0.1, 0.15) is 51.4 Å². The van der Waals surface area contributed by atoms with Gasteiger partial charge in [-0.1, -0.05) is 12.8 Å². The van der Waals surface area contributed by atoms with Crippen LogP contribution in [0.5, 0.6) is 0 Å². The van der Waals surface area contributed by atoms with Gasteiger partial charge in [-0.3, -0.25) is 4.79 Å². The van der Waals surface area contributed by atoms with Gasteiger partial charge in [0.1, 0.15) is 0 Å². The third kappa shape index (κ3) is 3.95. The second-order valence-corrected chi connectivity index (χ2v) is 5.63. The molecule has 2 rings (SSSR count). The zero-order valence-corrected chi connectivity index (χ0v) is 11.2. The van der Waals surface area contributed by atoms with Crippen molar-refractivity contribution in [2.45, 2.75) is 63.5 Å². The minimum absolute atomic E-state index is 0.146. The molecule has 1 saturated carbocycles. The van der Waals surface area contributed by atoms with Crippen LogP contribution in [0.25, 0.3) is 0 Å². The number of nitrogens with one attached hydrogen (secondary N) is 1. The molecule has 1 heterocycles. The number of ether oxygens (including phenoxy) is 1. The molecule has 104 valence electrons. The molecule has 2 fully saturated rings. The Morgan fingerprint density at radius 3 is 2.67 bits per heavy atom. The molecule has 0 radical (unpaired) electrons. The summed E-state index contributed by atoms with van der Waals surface area (Å²) in [4.78, 5) is 11.9. The molecule has 2 aliphatic rings. The Kier molecular flexibility index (Phi) is 5.45. The quantitative estimate of drug-likeness (QED) is 0.756. The summed E-state index contributed by atoms with van der Waals surface area (Å²) in [5, 5.41) is 3.11. The van der Waals surface area contributed by atoms with Gasteiger partial charge in [0.05, 0.1) is 6.10 Å². The number of nitrogens with two attached hydrogens (primary N) is 1. The Morgan fingerprint density at radius 2 is 2.06 bits per heavy atom. The predicted octanol–water partition coefficient (Wildman–Crippen LogP) is 1.58. The normalized spacial score (nSPS) is 26.4. The predicted molar refractivity (Wildman–Crippen MR) is 71.2 cm³/mol. The molecule has 2 unspecified atom stereocenters. The van der Waals surface area contributed by atoms with Gasteiger partial charge in [-0.25, -0.2) is 0 Å². The van der Waals surface area contributed by atoms with Gasteiger partial charge in [0, 0.05) is 25.6 Å². The van der Waals surface area contributed by atoms with Crippen molar-refractivity contribution < 1.29 is 9.53 Å². The van der Waals surface area contributed by atoms with Crippen LogP contribution in [-0.4, -0.2) is 31.2 Å². The summed E-state index contributed by atoms with van der Waals surface area (Å²) >= 11 is 0. The van der Waals surface area contributed by atoms with E-state index in [4.69, 9.17) is 10.5 Å². The van der Waals surface area contributed by atoms with E-state index in [0.29, 0.717) is 25.0 Å². The molecule has 1 aliphatic carbocycles. The summed E-state index contributed by atoms with van der Waals surface area (Å²) in [7, 11) is 0. The number of hydrogen-bond donors (Lipinski definition) is 2. The van der Waals surface area contributed by atoms with Gasteiger partial charge in [-0.2, -0.15) is 0 Å². The molecule has 0 aromatic heterocycles. The van der Waals surface area contributed by atoms with Gasteiger partial charge in [0.2, 0.25) is 5.91 Å². The molecule has 4 nitrogen and oxygen atoms in total. The first kappa shape index (κ1) is 13.8. The van der Waals surface area contributed by atoms with Crippen molar-refractivity contribution in [3.63, 3.8) is 0 Å². The van der Waals surface area contributed by atoms with Crippen LogP contribution in [0, 0.1) is 5.92 Å². The molecular weight excluding hydrogens is 228 g/mol. The maximum absolute atomic E-state index is 11.9. The van der Waals surface area contributed by atoms with Crippen molar-refractivity contribution >= 4 is 5.91 Å². The molecule has 1 amide bonds. The summed E-state index contributed by atoms with van der Waals surface area (Å²) in [6.45, 7) is 1.43. The van der Waals surface area contributed by atoms with E-state index in [1.54, 1.807) is 0 Å². The molecule has 0 aromatic rings. The molecule has 3 N–H and O–H groups in total. The van der Waals surface area contributed by atoms with E-state index in [1.165, 1.54) is 25.7 Å². The Labute approximate surface area is 110 Å². The number of carbonyl (C=O) groups excluding carboxylic acids is 1. The number of rotatable bonds is 6. The van der Waals surface area contributed by atoms with Crippen LogP contribution in [0.4, 0.5) is 0 Å². The monoisotopic (exact) mass is 254 g/mol.